The quantitative estimate of drug-likeness (QED) is 0.728. The zero-order valence-electron chi connectivity index (χ0n) is 11.4. The lowest BCUT2D eigenvalue weighted by Crippen LogP contribution is -2.45. The largest absolute Gasteiger partial charge is 0.353 e. The summed E-state index contributed by atoms with van der Waals surface area (Å²) in [5.74, 6) is 0.695. The lowest BCUT2D eigenvalue weighted by atomic mass is 10.0. The predicted molar refractivity (Wildman–Crippen MR) is 70.7 cm³/mol. The normalized spacial score (nSPS) is 26.2. The van der Waals surface area contributed by atoms with Gasteiger partial charge in [-0.3, -0.25) is 9.69 Å². The molecule has 3 N–H and O–H groups in total. The second kappa shape index (κ2) is 6.97. The summed E-state index contributed by atoms with van der Waals surface area (Å²) in [6.07, 6.45) is 4.60. The molecule has 0 aromatic rings. The van der Waals surface area contributed by atoms with E-state index in [1.54, 1.807) is 0 Å². The van der Waals surface area contributed by atoms with Crippen molar-refractivity contribution in [2.45, 2.75) is 51.6 Å². The molecule has 1 aliphatic carbocycles. The number of rotatable bonds is 6. The van der Waals surface area contributed by atoms with E-state index in [2.05, 4.69) is 17.1 Å². The van der Waals surface area contributed by atoms with Crippen LogP contribution in [0.2, 0.25) is 0 Å². The van der Waals surface area contributed by atoms with Crippen LogP contribution in [-0.4, -0.2) is 43.0 Å². The van der Waals surface area contributed by atoms with Crippen molar-refractivity contribution < 1.29 is 4.79 Å². The van der Waals surface area contributed by atoms with Gasteiger partial charge in [-0.25, -0.2) is 0 Å². The minimum absolute atomic E-state index is 0.129. The van der Waals surface area contributed by atoms with Crippen LogP contribution in [0.25, 0.3) is 0 Å². The van der Waals surface area contributed by atoms with Crippen molar-refractivity contribution in [1.82, 2.24) is 10.2 Å². The second-order valence-electron chi connectivity index (χ2n) is 5.29. The first kappa shape index (κ1) is 14.5. The minimum atomic E-state index is 0.129. The summed E-state index contributed by atoms with van der Waals surface area (Å²) in [5, 5.41) is 3.00. The van der Waals surface area contributed by atoms with E-state index < -0.39 is 0 Å². The first-order chi connectivity index (χ1) is 8.08. The number of nitrogens with one attached hydrogen (secondary N) is 1. The highest BCUT2D eigenvalue weighted by Gasteiger charge is 2.30. The van der Waals surface area contributed by atoms with E-state index in [4.69, 9.17) is 5.73 Å². The Bertz CT molecular complexity index is 245. The fourth-order valence-electron chi connectivity index (χ4n) is 2.64. The maximum Gasteiger partial charge on any atom is 0.234 e. The van der Waals surface area contributed by atoms with Crippen LogP contribution in [0, 0.1) is 5.92 Å². The van der Waals surface area contributed by atoms with Gasteiger partial charge in [-0.15, -0.1) is 0 Å². The third kappa shape index (κ3) is 4.28. The average Bonchev–Trinajstić information content (AvgIpc) is 2.76. The van der Waals surface area contributed by atoms with Gasteiger partial charge in [0.05, 0.1) is 6.54 Å². The summed E-state index contributed by atoms with van der Waals surface area (Å²) in [4.78, 5) is 14.0. The molecule has 3 unspecified atom stereocenters. The van der Waals surface area contributed by atoms with Crippen LogP contribution in [-0.2, 0) is 4.79 Å². The van der Waals surface area contributed by atoms with Crippen molar-refractivity contribution in [1.29, 1.82) is 0 Å². The Morgan fingerprint density at radius 3 is 2.82 bits per heavy atom. The number of likely N-dealkylation sites (N-methyl/N-ethyl adjacent to an activating group) is 1. The van der Waals surface area contributed by atoms with Crippen molar-refractivity contribution in [3.05, 3.63) is 0 Å². The molecule has 0 heterocycles. The van der Waals surface area contributed by atoms with E-state index in [0.29, 0.717) is 18.5 Å². The van der Waals surface area contributed by atoms with Gasteiger partial charge in [-0.1, -0.05) is 13.3 Å². The highest BCUT2D eigenvalue weighted by molar-refractivity contribution is 5.78. The Kier molecular flexibility index (Phi) is 5.92. The summed E-state index contributed by atoms with van der Waals surface area (Å²) < 4.78 is 0. The van der Waals surface area contributed by atoms with Gasteiger partial charge in [0.15, 0.2) is 0 Å². The van der Waals surface area contributed by atoms with Crippen LogP contribution in [0.3, 0.4) is 0 Å². The lowest BCUT2D eigenvalue weighted by molar-refractivity contribution is -0.123. The lowest BCUT2D eigenvalue weighted by Gasteiger charge is -2.28. The van der Waals surface area contributed by atoms with Crippen LogP contribution in [0.5, 0.6) is 0 Å². The third-order valence-electron chi connectivity index (χ3n) is 3.90. The molecule has 100 valence electrons. The Morgan fingerprint density at radius 1 is 1.53 bits per heavy atom. The van der Waals surface area contributed by atoms with E-state index in [-0.39, 0.29) is 11.9 Å². The van der Waals surface area contributed by atoms with Crippen LogP contribution >= 0.6 is 0 Å². The molecule has 1 saturated carbocycles. The minimum Gasteiger partial charge on any atom is -0.353 e. The van der Waals surface area contributed by atoms with Gasteiger partial charge in [0.2, 0.25) is 5.91 Å². The molecule has 0 radical (unpaired) electrons. The molecule has 3 atom stereocenters. The Hall–Kier alpha value is -0.610. The number of hydrogen-bond acceptors (Lipinski definition) is 3. The Balaban J connectivity index is 2.37. The van der Waals surface area contributed by atoms with Crippen molar-refractivity contribution in [2.24, 2.45) is 11.7 Å². The van der Waals surface area contributed by atoms with Gasteiger partial charge < -0.3 is 11.1 Å². The molecule has 0 aromatic carbocycles. The molecule has 0 spiro atoms. The maximum atomic E-state index is 11.8. The van der Waals surface area contributed by atoms with Crippen molar-refractivity contribution >= 4 is 5.91 Å². The first-order valence-corrected chi connectivity index (χ1v) is 6.78. The van der Waals surface area contributed by atoms with E-state index in [9.17, 15) is 4.79 Å². The topological polar surface area (TPSA) is 58.4 Å². The highest BCUT2D eigenvalue weighted by atomic mass is 16.2. The van der Waals surface area contributed by atoms with Gasteiger partial charge in [0.1, 0.15) is 0 Å². The van der Waals surface area contributed by atoms with Gasteiger partial charge in [-0.05, 0) is 45.7 Å². The van der Waals surface area contributed by atoms with Crippen molar-refractivity contribution in [3.63, 3.8) is 0 Å². The summed E-state index contributed by atoms with van der Waals surface area (Å²) in [6, 6.07) is 0.757. The molecule has 1 amide bonds. The molecule has 0 aliphatic heterocycles. The van der Waals surface area contributed by atoms with Crippen LogP contribution < -0.4 is 11.1 Å². The zero-order chi connectivity index (χ0) is 12.8. The molecule has 0 saturated heterocycles. The second-order valence-corrected chi connectivity index (χ2v) is 5.29. The Labute approximate surface area is 105 Å². The summed E-state index contributed by atoms with van der Waals surface area (Å²) in [6.45, 7) is 5.35. The number of hydrogen-bond donors (Lipinski definition) is 2. The fraction of sp³-hybridized carbons (Fsp3) is 0.923. The molecule has 0 aromatic heterocycles. The average molecular weight is 241 g/mol. The number of carbonyl (C=O) groups is 1. The van der Waals surface area contributed by atoms with Gasteiger partial charge >= 0.3 is 0 Å². The van der Waals surface area contributed by atoms with Crippen molar-refractivity contribution in [3.8, 4) is 0 Å². The summed E-state index contributed by atoms with van der Waals surface area (Å²) >= 11 is 0. The highest BCUT2D eigenvalue weighted by Crippen LogP contribution is 2.28. The van der Waals surface area contributed by atoms with Crippen LogP contribution in [0.15, 0.2) is 0 Å². The number of carbonyl (C=O) groups excluding carboxylic acids is 1. The Morgan fingerprint density at radius 2 is 2.24 bits per heavy atom. The van der Waals surface area contributed by atoms with E-state index in [1.165, 1.54) is 19.3 Å². The van der Waals surface area contributed by atoms with Gasteiger partial charge in [0.25, 0.3) is 0 Å². The molecular formula is C13H27N3O. The SMILES string of the molecule is CCC(C)NC(=O)CN(C)C1CCCC1CN. The van der Waals surface area contributed by atoms with E-state index >= 15 is 0 Å². The number of nitrogens with two attached hydrogens (primary N) is 1. The summed E-state index contributed by atoms with van der Waals surface area (Å²) in [7, 11) is 2.04. The number of nitrogens with zero attached hydrogens (tertiary/aromatic N) is 1. The van der Waals surface area contributed by atoms with E-state index in [0.717, 1.165) is 13.0 Å². The van der Waals surface area contributed by atoms with Gasteiger partial charge in [-0.2, -0.15) is 0 Å². The molecule has 17 heavy (non-hydrogen) atoms. The molecule has 4 heteroatoms. The third-order valence-corrected chi connectivity index (χ3v) is 3.90. The van der Waals surface area contributed by atoms with E-state index in [1.807, 2.05) is 14.0 Å². The van der Waals surface area contributed by atoms with Crippen LogP contribution in [0.1, 0.15) is 39.5 Å². The molecule has 1 aliphatic rings. The van der Waals surface area contributed by atoms with Crippen molar-refractivity contribution in [2.75, 3.05) is 20.1 Å². The molecule has 1 rings (SSSR count). The molecule has 4 nitrogen and oxygen atoms in total. The monoisotopic (exact) mass is 241 g/mol. The number of amides is 1. The maximum absolute atomic E-state index is 11.8. The summed E-state index contributed by atoms with van der Waals surface area (Å²) in [5.41, 5.74) is 5.77. The fourth-order valence-corrected chi connectivity index (χ4v) is 2.64. The zero-order valence-corrected chi connectivity index (χ0v) is 11.4. The smallest absolute Gasteiger partial charge is 0.234 e. The standard InChI is InChI=1S/C13H27N3O/c1-4-10(2)15-13(17)9-16(3)12-7-5-6-11(12)8-14/h10-12H,4-9,14H2,1-3H3,(H,15,17). The molecule has 0 bridgehead atoms. The van der Waals surface area contributed by atoms with Crippen LogP contribution in [0.4, 0.5) is 0 Å². The first-order valence-electron chi connectivity index (χ1n) is 6.78. The van der Waals surface area contributed by atoms with Gasteiger partial charge in [0, 0.05) is 12.1 Å². The molecule has 1 fully saturated rings. The predicted octanol–water partition coefficient (Wildman–Crippen LogP) is 0.960. The molecular weight excluding hydrogens is 214 g/mol.